The number of amides is 6. The summed E-state index contributed by atoms with van der Waals surface area (Å²) in [5.41, 5.74) is 5.79. The smallest absolute Gasteiger partial charge is 0.407 e. The van der Waals surface area contributed by atoms with Gasteiger partial charge in [0.05, 0.1) is 33.2 Å². The number of benzene rings is 6. The topological polar surface area (TPSA) is 272 Å². The molecule has 0 saturated heterocycles. The normalized spacial score (nSPS) is 13.6. The fourth-order valence-electron chi connectivity index (χ4n) is 9.95. The lowest BCUT2D eigenvalue weighted by molar-refractivity contribution is -0.145. The van der Waals surface area contributed by atoms with Gasteiger partial charge in [-0.05, 0) is 57.5 Å². The first-order valence-corrected chi connectivity index (χ1v) is 25.8. The first-order valence-electron chi connectivity index (χ1n) is 25.8. The van der Waals surface area contributed by atoms with Crippen molar-refractivity contribution < 1.29 is 57.7 Å². The summed E-state index contributed by atoms with van der Waals surface area (Å²) in [6.07, 6.45) is -2.62. The van der Waals surface area contributed by atoms with Crippen molar-refractivity contribution in [3.8, 4) is 11.1 Å². The van der Waals surface area contributed by atoms with Crippen LogP contribution in [-0.2, 0) is 59.7 Å². The Bertz CT molecular complexity index is 3210. The number of hydrogen-bond acceptors (Lipinski definition) is 12. The Morgan fingerprint density at radius 3 is 1.60 bits per heavy atom. The predicted octanol–water partition coefficient (Wildman–Crippen LogP) is 4.80. The van der Waals surface area contributed by atoms with Gasteiger partial charge in [-0.3, -0.25) is 33.6 Å². The summed E-state index contributed by atoms with van der Waals surface area (Å²) in [6.45, 7) is 0.479. The summed E-state index contributed by atoms with van der Waals surface area (Å²) in [5.74, 6) is -7.18. The molecule has 5 unspecified atom stereocenters. The number of hydrogen-bond donors (Lipinski definition) is 8. The maximum Gasteiger partial charge on any atom is 0.407 e. The number of nitrogens with one attached hydrogen (secondary N) is 7. The van der Waals surface area contributed by atoms with Crippen molar-refractivity contribution >= 4 is 58.5 Å². The van der Waals surface area contributed by atoms with Crippen LogP contribution in [0.5, 0.6) is 0 Å². The molecule has 19 heteroatoms. The van der Waals surface area contributed by atoms with Crippen LogP contribution in [0.4, 0.5) is 4.79 Å². The molecule has 5 atom stereocenters. The summed E-state index contributed by atoms with van der Waals surface area (Å²) in [5, 5.41) is 26.9. The van der Waals surface area contributed by atoms with Crippen molar-refractivity contribution in [2.45, 2.75) is 67.9 Å². The average molecular weight is 1080 g/mol. The van der Waals surface area contributed by atoms with Crippen LogP contribution in [0.15, 0.2) is 170 Å². The molecule has 0 fully saturated rings. The van der Waals surface area contributed by atoms with Crippen LogP contribution in [-0.4, -0.2) is 115 Å². The zero-order chi connectivity index (χ0) is 56.8. The number of carbonyl (C=O) groups excluding carboxylic acids is 8. The van der Waals surface area contributed by atoms with Crippen molar-refractivity contribution in [1.29, 1.82) is 0 Å². The largest absolute Gasteiger partial charge is 0.469 e. The zero-order valence-electron chi connectivity index (χ0n) is 44.1. The van der Waals surface area contributed by atoms with E-state index in [-0.39, 0.29) is 18.9 Å². The van der Waals surface area contributed by atoms with Gasteiger partial charge < -0.3 is 56.2 Å². The van der Waals surface area contributed by atoms with E-state index >= 15 is 9.59 Å². The van der Waals surface area contributed by atoms with Crippen molar-refractivity contribution in [3.05, 3.63) is 203 Å². The number of aromatic nitrogens is 1. The predicted molar refractivity (Wildman–Crippen MR) is 295 cm³/mol. The highest BCUT2D eigenvalue weighted by Crippen LogP contribution is 2.44. The van der Waals surface area contributed by atoms with E-state index in [0.29, 0.717) is 22.3 Å². The molecular weight excluding hydrogens is 1020 g/mol. The second kappa shape index (κ2) is 26.2. The number of carbonyl (C=O) groups is 8. The van der Waals surface area contributed by atoms with Gasteiger partial charge in [0.15, 0.2) is 0 Å². The van der Waals surface area contributed by atoms with E-state index in [4.69, 9.17) is 9.47 Å². The minimum absolute atomic E-state index is 0.0923. The van der Waals surface area contributed by atoms with Crippen LogP contribution >= 0.6 is 0 Å². The van der Waals surface area contributed by atoms with Gasteiger partial charge in [-0.15, -0.1) is 0 Å². The maximum atomic E-state index is 15.1. The van der Waals surface area contributed by atoms with Crippen LogP contribution in [0.2, 0.25) is 0 Å². The van der Waals surface area contributed by atoms with Crippen LogP contribution in [0.3, 0.4) is 0 Å². The molecule has 6 aromatic carbocycles. The van der Waals surface area contributed by atoms with E-state index < -0.39 is 103 Å². The Balaban J connectivity index is 1.13. The number of rotatable bonds is 23. The molecule has 0 radical (unpaired) electrons. The molecule has 19 nitrogen and oxygen atoms in total. The second-order valence-corrected chi connectivity index (χ2v) is 19.1. The molecule has 8 N–H and O–H groups in total. The highest BCUT2D eigenvalue weighted by molar-refractivity contribution is 5.99. The highest BCUT2D eigenvalue weighted by atomic mass is 16.5. The first kappa shape index (κ1) is 56.6. The third-order valence-electron chi connectivity index (χ3n) is 13.9. The molecule has 80 heavy (non-hydrogen) atoms. The van der Waals surface area contributed by atoms with Crippen LogP contribution in [0, 0.1) is 0 Å². The lowest BCUT2D eigenvalue weighted by Gasteiger charge is -2.37. The number of aliphatic hydroxyl groups is 1. The number of alkyl carbamates (subject to hydrolysis) is 1. The number of esters is 2. The van der Waals surface area contributed by atoms with Crippen LogP contribution in [0.1, 0.15) is 59.1 Å². The summed E-state index contributed by atoms with van der Waals surface area (Å²) in [6, 6.07) is 43.4. The molecule has 1 aliphatic rings. The number of para-hydroxylation sites is 1. The van der Waals surface area contributed by atoms with Gasteiger partial charge in [0.1, 0.15) is 42.9 Å². The molecule has 0 saturated carbocycles. The van der Waals surface area contributed by atoms with E-state index in [2.05, 4.69) is 41.6 Å². The second-order valence-electron chi connectivity index (χ2n) is 19.1. The Morgan fingerprint density at radius 1 is 0.562 bits per heavy atom. The Labute approximate surface area is 461 Å². The van der Waals surface area contributed by atoms with Crippen molar-refractivity contribution in [3.63, 3.8) is 0 Å². The van der Waals surface area contributed by atoms with E-state index in [1.54, 1.807) is 6.20 Å². The van der Waals surface area contributed by atoms with Crippen molar-refractivity contribution in [1.82, 2.24) is 36.9 Å². The van der Waals surface area contributed by atoms with E-state index in [1.165, 1.54) is 6.92 Å². The van der Waals surface area contributed by atoms with Crippen LogP contribution < -0.4 is 31.9 Å². The molecule has 412 valence electrons. The number of H-pyrrole nitrogens is 1. The molecule has 0 aliphatic heterocycles. The SMILES string of the molecule is COC(=O)CNC(=O)C(NC(=O)C(CC(=O)OC)NC(=O)C(CC(=O)NC(c1ccccc1)(c1ccccc1)c1ccccc1)NC(=O)C(Cc1c[nH]c2ccccc12)NC(=O)OCC1c2ccccc2-c2ccccc21)C(C)O. The van der Waals surface area contributed by atoms with Crippen molar-refractivity contribution in [2.75, 3.05) is 27.4 Å². The van der Waals surface area contributed by atoms with Crippen LogP contribution in [0.25, 0.3) is 22.0 Å². The van der Waals surface area contributed by atoms with E-state index in [1.807, 2.05) is 164 Å². The van der Waals surface area contributed by atoms with Gasteiger partial charge in [0.2, 0.25) is 29.5 Å². The van der Waals surface area contributed by atoms with Crippen molar-refractivity contribution in [2.24, 2.45) is 0 Å². The Hall–Kier alpha value is -9.62. The standard InChI is InChI=1S/C61H61N7O12/c1-37(69)55(59(76)63-35-54(72)79-3)67-58(75)51(33-53(71)78-2)65-57(74)50(32-52(70)68-61(39-19-7-4-8-20-39,40-21-9-5-10-22-40)41-23-11-6-12-24-41)64-56(73)49(31-38-34-62-48-30-18-17-25-42(38)48)66-60(77)80-36-47-45-28-15-13-26-43(45)44-27-14-16-29-46(44)47/h4-30,34,37,47,49-51,55,62,69H,31-33,35-36H2,1-3H3,(H,63,76)(H,64,73)(H,65,74)(H,66,77)(H,67,75)(H,68,70). The number of aliphatic hydroxyl groups excluding tert-OH is 1. The van der Waals surface area contributed by atoms with Gasteiger partial charge in [0.25, 0.3) is 0 Å². The minimum Gasteiger partial charge on any atom is -0.469 e. The maximum absolute atomic E-state index is 15.1. The Morgan fingerprint density at radius 2 is 1.05 bits per heavy atom. The highest BCUT2D eigenvalue weighted by Gasteiger charge is 2.41. The average Bonchev–Trinajstić information content (AvgIpc) is 4.07. The molecule has 0 spiro atoms. The van der Waals surface area contributed by atoms with Gasteiger partial charge in [-0.25, -0.2) is 4.79 Å². The summed E-state index contributed by atoms with van der Waals surface area (Å²) in [4.78, 5) is 114. The lowest BCUT2D eigenvalue weighted by atomic mass is 9.77. The summed E-state index contributed by atoms with van der Waals surface area (Å²) < 4.78 is 15.3. The quantitative estimate of drug-likeness (QED) is 0.0244. The molecule has 6 amide bonds. The van der Waals surface area contributed by atoms with Gasteiger partial charge in [-0.1, -0.05) is 158 Å². The van der Waals surface area contributed by atoms with Gasteiger partial charge >= 0.3 is 18.0 Å². The molecule has 1 aromatic heterocycles. The Kier molecular flexibility index (Phi) is 18.5. The third-order valence-corrected chi connectivity index (χ3v) is 13.9. The lowest BCUT2D eigenvalue weighted by Crippen LogP contribution is -2.61. The number of aromatic amines is 1. The number of fused-ring (bicyclic) bond motifs is 4. The summed E-state index contributed by atoms with van der Waals surface area (Å²) >= 11 is 0. The molecule has 7 aromatic rings. The fourth-order valence-corrected chi connectivity index (χ4v) is 9.95. The number of ether oxygens (including phenoxy) is 3. The third kappa shape index (κ3) is 13.2. The molecule has 8 rings (SSSR count). The summed E-state index contributed by atoms with van der Waals surface area (Å²) in [7, 11) is 2.14. The van der Waals surface area contributed by atoms with E-state index in [0.717, 1.165) is 47.4 Å². The van der Waals surface area contributed by atoms with Gasteiger partial charge in [0, 0.05) is 29.4 Å². The first-order chi connectivity index (χ1) is 38.7. The monoisotopic (exact) mass is 1080 g/mol. The fraction of sp³-hybridized carbons (Fsp3) is 0.246. The molecular formula is C61H61N7O12. The zero-order valence-corrected chi connectivity index (χ0v) is 44.1. The van der Waals surface area contributed by atoms with E-state index in [9.17, 15) is 33.9 Å². The minimum atomic E-state index is -1.86. The number of methoxy groups -OCH3 is 2. The molecule has 1 aliphatic carbocycles. The molecule has 0 bridgehead atoms. The van der Waals surface area contributed by atoms with Gasteiger partial charge in [-0.2, -0.15) is 0 Å². The molecule has 1 heterocycles.